The first-order valence-electron chi connectivity index (χ1n) is 10.4. The number of rotatable bonds is 10. The minimum absolute atomic E-state index is 0.0893. The second-order valence-electron chi connectivity index (χ2n) is 7.98. The number of benzene rings is 2. The molecule has 0 saturated carbocycles. The van der Waals surface area contributed by atoms with Gasteiger partial charge in [0.2, 0.25) is 11.8 Å². The SMILES string of the molecule is CC(C)NC(=O)[C@H](C)N(Cc1ccccc1)C(=O)CN(c1ccccc1)S(=O)(=O)N(C)C. The summed E-state index contributed by atoms with van der Waals surface area (Å²) < 4.78 is 28.1. The molecule has 0 spiro atoms. The molecule has 0 aromatic heterocycles. The van der Waals surface area contributed by atoms with Gasteiger partial charge in [-0.05, 0) is 38.5 Å². The van der Waals surface area contributed by atoms with E-state index in [-0.39, 0.29) is 18.5 Å². The zero-order chi connectivity index (χ0) is 23.9. The molecule has 8 nitrogen and oxygen atoms in total. The average Bonchev–Trinajstić information content (AvgIpc) is 2.75. The van der Waals surface area contributed by atoms with E-state index in [9.17, 15) is 18.0 Å². The molecule has 0 saturated heterocycles. The lowest BCUT2D eigenvalue weighted by molar-refractivity contribution is -0.139. The molecule has 0 fully saturated rings. The van der Waals surface area contributed by atoms with Crippen LogP contribution in [0.4, 0.5) is 5.69 Å². The molecule has 2 rings (SSSR count). The molecule has 0 radical (unpaired) electrons. The molecule has 32 heavy (non-hydrogen) atoms. The molecule has 0 aliphatic heterocycles. The van der Waals surface area contributed by atoms with Gasteiger partial charge < -0.3 is 10.2 Å². The van der Waals surface area contributed by atoms with Crippen LogP contribution >= 0.6 is 0 Å². The van der Waals surface area contributed by atoms with Crippen LogP contribution in [0.15, 0.2) is 60.7 Å². The van der Waals surface area contributed by atoms with Gasteiger partial charge in [0.15, 0.2) is 0 Å². The maximum Gasteiger partial charge on any atom is 0.304 e. The second-order valence-corrected chi connectivity index (χ2v) is 10.0. The van der Waals surface area contributed by atoms with Crippen molar-refractivity contribution in [3.63, 3.8) is 0 Å². The minimum Gasteiger partial charge on any atom is -0.352 e. The number of nitrogens with zero attached hydrogens (tertiary/aromatic N) is 3. The molecule has 2 amide bonds. The quantitative estimate of drug-likeness (QED) is 0.589. The third-order valence-corrected chi connectivity index (χ3v) is 6.68. The van der Waals surface area contributed by atoms with E-state index >= 15 is 0 Å². The van der Waals surface area contributed by atoms with Crippen LogP contribution in [0.25, 0.3) is 0 Å². The number of anilines is 1. The summed E-state index contributed by atoms with van der Waals surface area (Å²) in [5, 5.41) is 2.82. The van der Waals surface area contributed by atoms with E-state index in [0.717, 1.165) is 14.2 Å². The molecule has 0 aliphatic rings. The number of hydrogen-bond acceptors (Lipinski definition) is 4. The number of nitrogens with one attached hydrogen (secondary N) is 1. The number of carbonyl (C=O) groups excluding carboxylic acids is 2. The second kappa shape index (κ2) is 11.1. The maximum absolute atomic E-state index is 13.5. The summed E-state index contributed by atoms with van der Waals surface area (Å²) in [5.74, 6) is -0.777. The lowest BCUT2D eigenvalue weighted by atomic mass is 10.1. The number of carbonyl (C=O) groups is 2. The predicted octanol–water partition coefficient (Wildman–Crippen LogP) is 2.24. The molecule has 1 atom stereocenters. The fourth-order valence-electron chi connectivity index (χ4n) is 3.08. The Kier molecular flexibility index (Phi) is 8.80. The van der Waals surface area contributed by atoms with Crippen molar-refractivity contribution in [2.45, 2.75) is 39.4 Å². The third-order valence-electron chi connectivity index (χ3n) is 4.86. The first-order valence-corrected chi connectivity index (χ1v) is 11.8. The Morgan fingerprint density at radius 2 is 1.44 bits per heavy atom. The van der Waals surface area contributed by atoms with E-state index in [2.05, 4.69) is 5.32 Å². The first-order chi connectivity index (χ1) is 15.0. The summed E-state index contributed by atoms with van der Waals surface area (Å²) in [5.41, 5.74) is 1.21. The molecular formula is C23H32N4O4S. The zero-order valence-corrected chi connectivity index (χ0v) is 20.0. The van der Waals surface area contributed by atoms with E-state index < -0.39 is 28.7 Å². The topological polar surface area (TPSA) is 90.0 Å². The lowest BCUT2D eigenvalue weighted by Crippen LogP contribution is -2.53. The van der Waals surface area contributed by atoms with E-state index in [1.807, 2.05) is 44.2 Å². The molecule has 1 N–H and O–H groups in total. The Bertz CT molecular complexity index is 995. The highest BCUT2D eigenvalue weighted by molar-refractivity contribution is 7.90. The van der Waals surface area contributed by atoms with E-state index in [1.54, 1.807) is 37.3 Å². The molecule has 0 bridgehead atoms. The van der Waals surface area contributed by atoms with Crippen molar-refractivity contribution in [2.75, 3.05) is 24.9 Å². The zero-order valence-electron chi connectivity index (χ0n) is 19.2. The molecule has 174 valence electrons. The monoisotopic (exact) mass is 460 g/mol. The van der Waals surface area contributed by atoms with Gasteiger partial charge in [-0.15, -0.1) is 0 Å². The van der Waals surface area contributed by atoms with Crippen LogP contribution in [0.1, 0.15) is 26.3 Å². The average molecular weight is 461 g/mol. The standard InChI is InChI=1S/C23H32N4O4S/c1-18(2)24-23(29)19(3)26(16-20-12-8-6-9-13-20)22(28)17-27(32(30,31)25(4)5)21-14-10-7-11-15-21/h6-15,18-19H,16-17H2,1-5H3,(H,24,29)/t19-/m0/s1. The summed E-state index contributed by atoms with van der Waals surface area (Å²) in [6, 6.07) is 16.9. The number of amides is 2. The van der Waals surface area contributed by atoms with Gasteiger partial charge in [-0.3, -0.25) is 9.59 Å². The smallest absolute Gasteiger partial charge is 0.304 e. The van der Waals surface area contributed by atoms with Crippen LogP contribution in [-0.2, 0) is 26.3 Å². The van der Waals surface area contributed by atoms with E-state index in [0.29, 0.717) is 5.69 Å². The molecule has 0 aliphatic carbocycles. The summed E-state index contributed by atoms with van der Waals surface area (Å²) in [4.78, 5) is 27.6. The van der Waals surface area contributed by atoms with Crippen LogP contribution in [0.3, 0.4) is 0 Å². The highest BCUT2D eigenvalue weighted by Crippen LogP contribution is 2.20. The van der Waals surface area contributed by atoms with E-state index in [1.165, 1.54) is 19.0 Å². The van der Waals surface area contributed by atoms with Gasteiger partial charge in [0.25, 0.3) is 0 Å². The van der Waals surface area contributed by atoms with E-state index in [4.69, 9.17) is 0 Å². The fraction of sp³-hybridized carbons (Fsp3) is 0.391. The van der Waals surface area contributed by atoms with Crippen molar-refractivity contribution in [1.29, 1.82) is 0 Å². The van der Waals surface area contributed by atoms with Crippen molar-refractivity contribution in [2.24, 2.45) is 0 Å². The van der Waals surface area contributed by atoms with Gasteiger partial charge in [0.1, 0.15) is 12.6 Å². The summed E-state index contributed by atoms with van der Waals surface area (Å²) in [7, 11) is -1.11. The van der Waals surface area contributed by atoms with Crippen molar-refractivity contribution in [1.82, 2.24) is 14.5 Å². The van der Waals surface area contributed by atoms with Gasteiger partial charge in [-0.25, -0.2) is 4.31 Å². The largest absolute Gasteiger partial charge is 0.352 e. The molecular weight excluding hydrogens is 428 g/mol. The van der Waals surface area contributed by atoms with Crippen LogP contribution < -0.4 is 9.62 Å². The van der Waals surface area contributed by atoms with Gasteiger partial charge in [0.05, 0.1) is 5.69 Å². The summed E-state index contributed by atoms with van der Waals surface area (Å²) in [6.07, 6.45) is 0. The minimum atomic E-state index is -3.94. The summed E-state index contributed by atoms with van der Waals surface area (Å²) >= 11 is 0. The molecule has 2 aromatic rings. The van der Waals surface area contributed by atoms with Gasteiger partial charge >= 0.3 is 10.2 Å². The Morgan fingerprint density at radius 3 is 1.94 bits per heavy atom. The van der Waals surface area contributed by atoms with Gasteiger partial charge in [-0.1, -0.05) is 48.5 Å². The highest BCUT2D eigenvalue weighted by atomic mass is 32.2. The Labute approximate surface area is 191 Å². The summed E-state index contributed by atoms with van der Waals surface area (Å²) in [6.45, 7) is 5.07. The normalized spacial score (nSPS) is 12.5. The van der Waals surface area contributed by atoms with Crippen LogP contribution in [-0.4, -0.2) is 62.2 Å². The van der Waals surface area contributed by atoms with Crippen molar-refractivity contribution in [3.05, 3.63) is 66.2 Å². The molecule has 2 aromatic carbocycles. The first kappa shape index (κ1) is 25.4. The van der Waals surface area contributed by atoms with Crippen LogP contribution in [0.2, 0.25) is 0 Å². The predicted molar refractivity (Wildman–Crippen MR) is 126 cm³/mol. The fourth-order valence-corrected chi connectivity index (χ4v) is 4.13. The Balaban J connectivity index is 2.40. The third kappa shape index (κ3) is 6.54. The van der Waals surface area contributed by atoms with Gasteiger partial charge in [0, 0.05) is 26.7 Å². The number of hydrogen-bond donors (Lipinski definition) is 1. The van der Waals surface area contributed by atoms with Crippen molar-refractivity contribution < 1.29 is 18.0 Å². The molecule has 0 unspecified atom stereocenters. The van der Waals surface area contributed by atoms with Crippen LogP contribution in [0.5, 0.6) is 0 Å². The maximum atomic E-state index is 13.5. The van der Waals surface area contributed by atoms with Crippen molar-refractivity contribution >= 4 is 27.7 Å². The highest BCUT2D eigenvalue weighted by Gasteiger charge is 2.32. The molecule has 0 heterocycles. The molecule has 9 heteroatoms. The number of para-hydroxylation sites is 1. The Morgan fingerprint density at radius 1 is 0.906 bits per heavy atom. The van der Waals surface area contributed by atoms with Crippen LogP contribution in [0, 0.1) is 0 Å². The van der Waals surface area contributed by atoms with Gasteiger partial charge in [-0.2, -0.15) is 12.7 Å². The lowest BCUT2D eigenvalue weighted by Gasteiger charge is -2.33. The van der Waals surface area contributed by atoms with Crippen molar-refractivity contribution in [3.8, 4) is 0 Å². The Hall–Kier alpha value is -2.91.